The van der Waals surface area contributed by atoms with Crippen molar-refractivity contribution in [1.29, 1.82) is 0 Å². The van der Waals surface area contributed by atoms with Crippen molar-refractivity contribution in [2.24, 2.45) is 4.99 Å². The predicted molar refractivity (Wildman–Crippen MR) is 181 cm³/mol. The fourth-order valence-corrected chi connectivity index (χ4v) is 9.25. The van der Waals surface area contributed by atoms with Gasteiger partial charge in [-0.15, -0.1) is 11.3 Å². The lowest BCUT2D eigenvalue weighted by Gasteiger charge is -2.30. The van der Waals surface area contributed by atoms with Gasteiger partial charge in [0, 0.05) is 42.0 Å². The quantitative estimate of drug-likeness (QED) is 0.261. The molecule has 2 heterocycles. The Labute approximate surface area is 269 Å². The summed E-state index contributed by atoms with van der Waals surface area (Å²) >= 11 is 1.44. The van der Waals surface area contributed by atoms with Gasteiger partial charge in [-0.25, -0.2) is 8.42 Å². The summed E-state index contributed by atoms with van der Waals surface area (Å²) in [5.41, 5.74) is 4.93. The van der Waals surface area contributed by atoms with Gasteiger partial charge in [-0.1, -0.05) is 43.0 Å². The monoisotopic (exact) mass is 644 g/mol. The number of nitrogens with zero attached hydrogens (tertiary/aromatic N) is 2. The number of carbonyl (C=O) groups is 2. The molecule has 2 aromatic carbocycles. The maximum Gasteiger partial charge on any atom is 0.258 e. The number of aryl methyl sites for hydroxylation is 1. The first-order valence-electron chi connectivity index (χ1n) is 15.9. The van der Waals surface area contributed by atoms with Crippen LogP contribution in [0, 0.1) is 0 Å². The number of carbonyl (C=O) groups excluding carboxylic acids is 2. The number of anilines is 2. The lowest BCUT2D eigenvalue weighted by Crippen LogP contribution is -2.38. The second-order valence-electron chi connectivity index (χ2n) is 12.2. The van der Waals surface area contributed by atoms with Crippen molar-refractivity contribution in [2.45, 2.75) is 81.6 Å². The SMILES string of the molecule is CN(C1CCCCC1)S(=O)(=O)c1cccc(C(=O)Nc2sc3c(c2C(=O)Nc2ccc(CC4=CC=NCC4)cc2)CCCC3)c1. The number of rotatable bonds is 9. The Kier molecular flexibility index (Phi) is 9.63. The van der Waals surface area contributed by atoms with Crippen LogP contribution < -0.4 is 10.6 Å². The van der Waals surface area contributed by atoms with Crippen molar-refractivity contribution < 1.29 is 18.0 Å². The van der Waals surface area contributed by atoms with E-state index in [-0.39, 0.29) is 22.4 Å². The summed E-state index contributed by atoms with van der Waals surface area (Å²) in [6.45, 7) is 0.826. The van der Waals surface area contributed by atoms with E-state index >= 15 is 0 Å². The normalized spacial score (nSPS) is 17.1. The first-order chi connectivity index (χ1) is 21.8. The van der Waals surface area contributed by atoms with Crippen LogP contribution in [0.25, 0.3) is 0 Å². The lowest BCUT2D eigenvalue weighted by molar-refractivity contribution is 0.102. The van der Waals surface area contributed by atoms with E-state index in [0.29, 0.717) is 16.3 Å². The maximum atomic E-state index is 13.7. The minimum absolute atomic E-state index is 0.0276. The minimum atomic E-state index is -3.75. The highest BCUT2D eigenvalue weighted by atomic mass is 32.2. The fraction of sp³-hybridized carbons (Fsp3) is 0.400. The molecule has 10 heteroatoms. The lowest BCUT2D eigenvalue weighted by atomic mass is 9.95. The topological polar surface area (TPSA) is 108 Å². The Balaban J connectivity index is 1.20. The van der Waals surface area contributed by atoms with Crippen LogP contribution in [0.2, 0.25) is 0 Å². The van der Waals surface area contributed by atoms with Crippen LogP contribution in [0.15, 0.2) is 70.1 Å². The van der Waals surface area contributed by atoms with Crippen molar-refractivity contribution in [3.8, 4) is 0 Å². The van der Waals surface area contributed by atoms with Gasteiger partial charge in [0.25, 0.3) is 11.8 Å². The third kappa shape index (κ3) is 7.13. The molecule has 1 aromatic heterocycles. The number of thiophene rings is 1. The second kappa shape index (κ2) is 13.8. The molecule has 1 saturated carbocycles. The summed E-state index contributed by atoms with van der Waals surface area (Å²) < 4.78 is 28.4. The highest BCUT2D eigenvalue weighted by Gasteiger charge is 2.30. The van der Waals surface area contributed by atoms with Crippen molar-refractivity contribution in [2.75, 3.05) is 24.2 Å². The van der Waals surface area contributed by atoms with Crippen LogP contribution in [0.3, 0.4) is 0 Å². The van der Waals surface area contributed by atoms with Crippen LogP contribution in [-0.4, -0.2) is 50.4 Å². The molecule has 2 amide bonds. The highest BCUT2D eigenvalue weighted by molar-refractivity contribution is 7.89. The summed E-state index contributed by atoms with van der Waals surface area (Å²) in [6, 6.07) is 14.1. The van der Waals surface area contributed by atoms with E-state index in [1.54, 1.807) is 25.2 Å². The van der Waals surface area contributed by atoms with Crippen LogP contribution in [0.5, 0.6) is 0 Å². The van der Waals surface area contributed by atoms with E-state index in [9.17, 15) is 18.0 Å². The molecule has 2 N–H and O–H groups in total. The number of amides is 2. The number of allylic oxidation sites excluding steroid dienone is 1. The number of hydrogen-bond donors (Lipinski definition) is 2. The number of benzene rings is 2. The van der Waals surface area contributed by atoms with E-state index < -0.39 is 15.9 Å². The molecule has 45 heavy (non-hydrogen) atoms. The summed E-state index contributed by atoms with van der Waals surface area (Å²) in [4.78, 5) is 32.8. The van der Waals surface area contributed by atoms with Gasteiger partial charge in [-0.05, 0) is 98.9 Å². The molecule has 1 aliphatic heterocycles. The Bertz CT molecular complexity index is 1740. The zero-order chi connectivity index (χ0) is 31.4. The largest absolute Gasteiger partial charge is 0.322 e. The predicted octanol–water partition coefficient (Wildman–Crippen LogP) is 7.03. The molecular formula is C35H40N4O4S2. The van der Waals surface area contributed by atoms with E-state index in [1.165, 1.54) is 32.8 Å². The molecule has 6 rings (SSSR count). The van der Waals surface area contributed by atoms with Crippen LogP contribution in [0.1, 0.15) is 88.1 Å². The van der Waals surface area contributed by atoms with Gasteiger partial charge in [-0.3, -0.25) is 14.6 Å². The van der Waals surface area contributed by atoms with Gasteiger partial charge in [0.2, 0.25) is 10.0 Å². The zero-order valence-electron chi connectivity index (χ0n) is 25.7. The molecule has 236 valence electrons. The standard InChI is InChI=1S/C35H40N4O4S2/c1-39(28-9-3-2-4-10-28)45(42,43)29-11-7-8-26(23-29)33(40)38-35-32(30-12-5-6-13-31(30)44-35)34(41)37-27-16-14-24(15-17-27)22-25-18-20-36-21-19-25/h7-8,11,14-18,20,23,28H,2-6,9-10,12-13,19,21-22H2,1H3,(H,37,41)(H,38,40). The number of dihydropyridines is 1. The molecule has 0 spiro atoms. The first kappa shape index (κ1) is 31.4. The van der Waals surface area contributed by atoms with Gasteiger partial charge in [0.15, 0.2) is 0 Å². The van der Waals surface area contributed by atoms with Gasteiger partial charge in [-0.2, -0.15) is 4.31 Å². The third-order valence-electron chi connectivity index (χ3n) is 9.11. The number of fused-ring (bicyclic) bond motifs is 1. The Morgan fingerprint density at radius 2 is 1.71 bits per heavy atom. The summed E-state index contributed by atoms with van der Waals surface area (Å²) in [6.07, 6.45) is 14.3. The van der Waals surface area contributed by atoms with Crippen molar-refractivity contribution >= 4 is 50.1 Å². The van der Waals surface area contributed by atoms with Crippen molar-refractivity contribution in [3.05, 3.63) is 87.3 Å². The van der Waals surface area contributed by atoms with E-state index in [1.807, 2.05) is 30.5 Å². The Morgan fingerprint density at radius 3 is 2.47 bits per heavy atom. The number of hydrogen-bond acceptors (Lipinski definition) is 6. The van der Waals surface area contributed by atoms with Crippen molar-refractivity contribution in [1.82, 2.24) is 4.31 Å². The molecule has 2 aliphatic carbocycles. The van der Waals surface area contributed by atoms with Crippen LogP contribution >= 0.6 is 11.3 Å². The molecule has 3 aromatic rings. The Hall–Kier alpha value is -3.60. The average molecular weight is 645 g/mol. The summed E-state index contributed by atoms with van der Waals surface area (Å²) in [7, 11) is -2.12. The second-order valence-corrected chi connectivity index (χ2v) is 15.3. The molecule has 0 saturated heterocycles. The molecular weight excluding hydrogens is 605 g/mol. The molecule has 0 radical (unpaired) electrons. The fourth-order valence-electron chi connectivity index (χ4n) is 6.51. The maximum absolute atomic E-state index is 13.7. The van der Waals surface area contributed by atoms with E-state index in [4.69, 9.17) is 0 Å². The van der Waals surface area contributed by atoms with Crippen molar-refractivity contribution in [3.63, 3.8) is 0 Å². The van der Waals surface area contributed by atoms with E-state index in [2.05, 4.69) is 21.7 Å². The Morgan fingerprint density at radius 1 is 0.933 bits per heavy atom. The summed E-state index contributed by atoms with van der Waals surface area (Å²) in [5.74, 6) is -0.694. The number of sulfonamides is 1. The van der Waals surface area contributed by atoms with Crippen LogP contribution in [0.4, 0.5) is 10.7 Å². The van der Waals surface area contributed by atoms with Gasteiger partial charge in [0.05, 0.1) is 10.5 Å². The van der Waals surface area contributed by atoms with Gasteiger partial charge in [0.1, 0.15) is 5.00 Å². The first-order valence-corrected chi connectivity index (χ1v) is 18.2. The summed E-state index contributed by atoms with van der Waals surface area (Å²) in [5, 5.41) is 6.52. The number of aliphatic imine (C=N–C) groups is 1. The van der Waals surface area contributed by atoms with E-state index in [0.717, 1.165) is 87.6 Å². The van der Waals surface area contributed by atoms with Crippen LogP contribution in [-0.2, 0) is 29.3 Å². The smallest absolute Gasteiger partial charge is 0.258 e. The van der Waals surface area contributed by atoms with Gasteiger partial charge < -0.3 is 10.6 Å². The molecule has 3 aliphatic rings. The number of nitrogens with one attached hydrogen (secondary N) is 2. The third-order valence-corrected chi connectivity index (χ3v) is 12.2. The molecule has 0 atom stereocenters. The average Bonchev–Trinajstić information content (AvgIpc) is 3.44. The molecule has 8 nitrogen and oxygen atoms in total. The zero-order valence-corrected chi connectivity index (χ0v) is 27.3. The molecule has 0 unspecified atom stereocenters. The minimum Gasteiger partial charge on any atom is -0.322 e. The molecule has 1 fully saturated rings. The van der Waals surface area contributed by atoms with Gasteiger partial charge >= 0.3 is 0 Å². The highest BCUT2D eigenvalue weighted by Crippen LogP contribution is 2.39. The molecule has 0 bridgehead atoms.